The van der Waals surface area contributed by atoms with E-state index in [1.807, 2.05) is 77.9 Å². The highest BCUT2D eigenvalue weighted by Crippen LogP contribution is 2.41. The number of anilines is 2. The van der Waals surface area contributed by atoms with Gasteiger partial charge in [-0.05, 0) is 130 Å². The smallest absolute Gasteiger partial charge is 0.255 e. The molecule has 2 N–H and O–H groups in total. The molecule has 6 aromatic carbocycles. The number of amides is 2. The summed E-state index contributed by atoms with van der Waals surface area (Å²) in [5.74, 6) is -1.55. The Hall–Kier alpha value is -6.40. The van der Waals surface area contributed by atoms with Gasteiger partial charge in [0, 0.05) is 22.3 Å². The highest BCUT2D eigenvalue weighted by Gasteiger charge is 2.37. The number of aryl methyl sites for hydroxylation is 2. The van der Waals surface area contributed by atoms with Gasteiger partial charge in [0.2, 0.25) is 0 Å². The van der Waals surface area contributed by atoms with E-state index in [0.717, 1.165) is 46.2 Å². The largest absolute Gasteiger partial charge is 0.321 e. The van der Waals surface area contributed by atoms with Gasteiger partial charge >= 0.3 is 0 Å². The number of nitrogens with one attached hydrogen (secondary N) is 2. The van der Waals surface area contributed by atoms with Gasteiger partial charge < -0.3 is 10.6 Å². The normalized spacial score (nSPS) is 12.4. The zero-order chi connectivity index (χ0) is 50.0. The number of hydrogen-bond donors (Lipinski definition) is 2. The van der Waals surface area contributed by atoms with Crippen LogP contribution < -0.4 is 10.6 Å². The second kappa shape index (κ2) is 23.0. The van der Waals surface area contributed by atoms with Crippen LogP contribution in [0.3, 0.4) is 0 Å². The molecule has 2 amide bonds. The minimum atomic E-state index is -0.432. The SMILES string of the molecule is CCCCCCCCc1ccc(-c2ccc(C(=O)Nc3cc(C(C)(C)C)cc4c3C(=O)c3cc(C(C)(C)C)cc(NC(=O)c5ccc(-c6ccc(CCCCCCCC)cc6)cc5)c3C4=O)cc2)cc1. The van der Waals surface area contributed by atoms with Crippen LogP contribution in [0.2, 0.25) is 0 Å². The van der Waals surface area contributed by atoms with E-state index in [1.165, 1.54) is 88.2 Å². The third kappa shape index (κ3) is 12.7. The second-order valence-electron chi connectivity index (χ2n) is 21.5. The average molecular weight is 935 g/mol. The Kier molecular flexibility index (Phi) is 16.9. The molecule has 0 aromatic heterocycles. The first-order chi connectivity index (χ1) is 33.5. The van der Waals surface area contributed by atoms with Crippen LogP contribution in [0.25, 0.3) is 22.3 Å². The quantitative estimate of drug-likeness (QED) is 0.0745. The molecule has 0 saturated heterocycles. The van der Waals surface area contributed by atoms with Gasteiger partial charge in [0.25, 0.3) is 11.8 Å². The predicted molar refractivity (Wildman–Crippen MR) is 291 cm³/mol. The van der Waals surface area contributed by atoms with Crippen molar-refractivity contribution < 1.29 is 19.2 Å². The molecule has 0 fully saturated rings. The minimum absolute atomic E-state index is 0.144. The van der Waals surface area contributed by atoms with E-state index >= 15 is 0 Å². The van der Waals surface area contributed by atoms with Crippen LogP contribution in [0.15, 0.2) is 121 Å². The Morgan fingerprint density at radius 2 is 0.700 bits per heavy atom. The van der Waals surface area contributed by atoms with Crippen LogP contribution in [-0.4, -0.2) is 23.4 Å². The van der Waals surface area contributed by atoms with Crippen molar-refractivity contribution in [3.63, 3.8) is 0 Å². The summed E-state index contributed by atoms with van der Waals surface area (Å²) in [6, 6.07) is 39.5. The monoisotopic (exact) mass is 935 g/mol. The summed E-state index contributed by atoms with van der Waals surface area (Å²) in [6.07, 6.45) is 17.4. The summed E-state index contributed by atoms with van der Waals surface area (Å²) >= 11 is 0. The highest BCUT2D eigenvalue weighted by atomic mass is 16.2. The highest BCUT2D eigenvalue weighted by molar-refractivity contribution is 6.33. The molecular formula is C64H74N2O4. The summed E-state index contributed by atoms with van der Waals surface area (Å²) in [5.41, 5.74) is 9.61. The summed E-state index contributed by atoms with van der Waals surface area (Å²) < 4.78 is 0. The van der Waals surface area contributed by atoms with E-state index in [2.05, 4.69) is 73.0 Å². The number of carbonyl (C=O) groups is 4. The maximum Gasteiger partial charge on any atom is 0.255 e. The van der Waals surface area contributed by atoms with Gasteiger partial charge in [-0.25, -0.2) is 0 Å². The summed E-state index contributed by atoms with van der Waals surface area (Å²) in [4.78, 5) is 58.1. The van der Waals surface area contributed by atoms with E-state index in [-0.39, 0.29) is 57.0 Å². The maximum atomic E-state index is 15.0. The topological polar surface area (TPSA) is 92.3 Å². The molecule has 0 bridgehead atoms. The number of benzene rings is 6. The van der Waals surface area contributed by atoms with E-state index in [1.54, 1.807) is 36.4 Å². The van der Waals surface area contributed by atoms with Gasteiger partial charge in [-0.3, -0.25) is 19.2 Å². The Labute approximate surface area is 418 Å². The van der Waals surface area contributed by atoms with Gasteiger partial charge in [-0.1, -0.05) is 192 Å². The lowest BCUT2D eigenvalue weighted by Crippen LogP contribution is -2.28. The zero-order valence-corrected chi connectivity index (χ0v) is 43.1. The molecular weight excluding hydrogens is 861 g/mol. The summed E-state index contributed by atoms with van der Waals surface area (Å²) in [6.45, 7) is 16.7. The van der Waals surface area contributed by atoms with Crippen molar-refractivity contribution in [2.75, 3.05) is 10.6 Å². The molecule has 6 nitrogen and oxygen atoms in total. The molecule has 0 atom stereocenters. The molecule has 0 saturated carbocycles. The van der Waals surface area contributed by atoms with Crippen molar-refractivity contribution in [3.05, 3.63) is 177 Å². The molecule has 7 rings (SSSR count). The molecule has 0 unspecified atom stereocenters. The molecule has 6 aromatic rings. The number of unbranched alkanes of at least 4 members (excludes halogenated alkanes) is 10. The van der Waals surface area contributed by atoms with Crippen LogP contribution in [0.1, 0.15) is 207 Å². The predicted octanol–water partition coefficient (Wildman–Crippen LogP) is 16.7. The van der Waals surface area contributed by atoms with Crippen LogP contribution in [0.5, 0.6) is 0 Å². The Morgan fingerprint density at radius 1 is 0.400 bits per heavy atom. The van der Waals surface area contributed by atoms with E-state index in [9.17, 15) is 19.2 Å². The van der Waals surface area contributed by atoms with Crippen molar-refractivity contribution in [3.8, 4) is 22.3 Å². The number of fused-ring (bicyclic) bond motifs is 2. The number of hydrogen-bond acceptors (Lipinski definition) is 4. The van der Waals surface area contributed by atoms with E-state index < -0.39 is 10.8 Å². The number of carbonyl (C=O) groups excluding carboxylic acids is 4. The maximum absolute atomic E-state index is 15.0. The Morgan fingerprint density at radius 3 is 1.01 bits per heavy atom. The molecule has 0 heterocycles. The van der Waals surface area contributed by atoms with Crippen molar-refractivity contribution >= 4 is 34.8 Å². The number of ketones is 2. The van der Waals surface area contributed by atoms with Crippen molar-refractivity contribution in [1.82, 2.24) is 0 Å². The van der Waals surface area contributed by atoms with Crippen LogP contribution in [-0.2, 0) is 23.7 Å². The second-order valence-corrected chi connectivity index (χ2v) is 21.5. The van der Waals surface area contributed by atoms with Crippen LogP contribution >= 0.6 is 0 Å². The Balaban J connectivity index is 1.10. The molecule has 6 heteroatoms. The number of rotatable bonds is 20. The molecule has 1 aliphatic rings. The zero-order valence-electron chi connectivity index (χ0n) is 43.1. The lowest BCUT2D eigenvalue weighted by atomic mass is 9.75. The van der Waals surface area contributed by atoms with E-state index in [0.29, 0.717) is 11.1 Å². The molecule has 0 radical (unpaired) electrons. The first kappa shape index (κ1) is 51.5. The Bertz CT molecular complexity index is 2590. The van der Waals surface area contributed by atoms with Crippen molar-refractivity contribution in [2.45, 2.75) is 156 Å². The molecule has 1 aliphatic carbocycles. The molecule has 364 valence electrons. The van der Waals surface area contributed by atoms with Gasteiger partial charge in [0.05, 0.1) is 22.5 Å². The minimum Gasteiger partial charge on any atom is -0.321 e. The fraction of sp³-hybridized carbons (Fsp3) is 0.375. The van der Waals surface area contributed by atoms with E-state index in [4.69, 9.17) is 0 Å². The third-order valence-electron chi connectivity index (χ3n) is 14.0. The van der Waals surface area contributed by atoms with Crippen molar-refractivity contribution in [1.29, 1.82) is 0 Å². The third-order valence-corrected chi connectivity index (χ3v) is 14.0. The first-order valence-electron chi connectivity index (χ1n) is 26.0. The van der Waals surface area contributed by atoms with Crippen LogP contribution in [0, 0.1) is 0 Å². The first-order valence-corrected chi connectivity index (χ1v) is 26.0. The molecule has 70 heavy (non-hydrogen) atoms. The summed E-state index contributed by atoms with van der Waals surface area (Å²) in [7, 11) is 0. The van der Waals surface area contributed by atoms with Crippen molar-refractivity contribution in [2.24, 2.45) is 0 Å². The fourth-order valence-corrected chi connectivity index (χ4v) is 9.43. The molecule has 0 aliphatic heterocycles. The lowest BCUT2D eigenvalue weighted by molar-refractivity contribution is 0.0977. The fourth-order valence-electron chi connectivity index (χ4n) is 9.43. The van der Waals surface area contributed by atoms with Gasteiger partial charge in [0.15, 0.2) is 11.6 Å². The van der Waals surface area contributed by atoms with Crippen LogP contribution in [0.4, 0.5) is 11.4 Å². The van der Waals surface area contributed by atoms with Gasteiger partial charge in [0.1, 0.15) is 0 Å². The van der Waals surface area contributed by atoms with Gasteiger partial charge in [-0.2, -0.15) is 0 Å². The average Bonchev–Trinajstić information content (AvgIpc) is 3.35. The summed E-state index contributed by atoms with van der Waals surface area (Å²) in [5, 5.41) is 6.10. The van der Waals surface area contributed by atoms with Gasteiger partial charge in [-0.15, -0.1) is 0 Å². The lowest BCUT2D eigenvalue weighted by Gasteiger charge is -2.29. The standard InChI is InChI=1S/C64H74N2O4/c1-9-11-13-15-17-19-21-43-23-27-45(28-24-43)47-31-35-49(36-32-47)61(69)65-55-41-51(63(3,4)5)39-53-57(55)59(67)54-40-52(64(6,7)8)42-56(58(54)60(53)68)66-62(70)50-37-33-48(34-38-50)46-29-25-44(26-30-46)22-20-18-16-14-12-10-2/h23-42H,9-22H2,1-8H3,(H,65,69)(H,66,70). The molecule has 0 spiro atoms.